The van der Waals surface area contributed by atoms with E-state index in [1.165, 1.54) is 11.3 Å². The first-order valence-electron chi connectivity index (χ1n) is 8.24. The van der Waals surface area contributed by atoms with E-state index in [1.807, 2.05) is 49.7 Å². The van der Waals surface area contributed by atoms with Crippen molar-refractivity contribution in [3.63, 3.8) is 0 Å². The van der Waals surface area contributed by atoms with Gasteiger partial charge in [0.15, 0.2) is 4.80 Å². The Morgan fingerprint density at radius 2 is 1.96 bits per heavy atom. The molecule has 26 heavy (non-hydrogen) atoms. The molecule has 0 bridgehead atoms. The van der Waals surface area contributed by atoms with Gasteiger partial charge in [-0.3, -0.25) is 4.79 Å². The monoisotopic (exact) mass is 386 g/mol. The van der Waals surface area contributed by atoms with Crippen LogP contribution in [0.1, 0.15) is 22.2 Å². The van der Waals surface area contributed by atoms with Gasteiger partial charge in [-0.15, -0.1) is 11.3 Å². The Kier molecular flexibility index (Phi) is 5.59. The summed E-state index contributed by atoms with van der Waals surface area (Å²) in [7, 11) is 1.92. The lowest BCUT2D eigenvalue weighted by molar-refractivity contribution is 0.0998. The van der Waals surface area contributed by atoms with Crippen molar-refractivity contribution in [2.75, 3.05) is 6.61 Å². The number of carbonyl (C=O) groups is 1. The number of nitrogens with zero attached hydrogens (tertiary/aromatic N) is 2. The van der Waals surface area contributed by atoms with Gasteiger partial charge in [0.25, 0.3) is 5.91 Å². The molecular formula is C20H19ClN2O2S. The van der Waals surface area contributed by atoms with Crippen LogP contribution < -0.4 is 9.54 Å². The fraction of sp³-hybridized carbons (Fsp3) is 0.200. The highest BCUT2D eigenvalue weighted by Gasteiger charge is 2.12. The van der Waals surface area contributed by atoms with Crippen LogP contribution in [-0.2, 0) is 7.05 Å². The summed E-state index contributed by atoms with van der Waals surface area (Å²) in [6, 6.07) is 14.7. The normalized spacial score (nSPS) is 11.6. The van der Waals surface area contributed by atoms with Gasteiger partial charge in [0, 0.05) is 22.5 Å². The van der Waals surface area contributed by atoms with E-state index < -0.39 is 0 Å². The van der Waals surface area contributed by atoms with Crippen LogP contribution in [0.25, 0.3) is 11.3 Å². The Bertz CT molecular complexity index is 1000. The topological polar surface area (TPSA) is 43.6 Å². The van der Waals surface area contributed by atoms with Crippen LogP contribution in [0.5, 0.6) is 5.75 Å². The predicted molar refractivity (Wildman–Crippen MR) is 106 cm³/mol. The second-order valence-electron chi connectivity index (χ2n) is 5.73. The number of aryl methyl sites for hydroxylation is 1. The highest BCUT2D eigenvalue weighted by Crippen LogP contribution is 2.26. The Morgan fingerprint density at radius 1 is 1.23 bits per heavy atom. The number of aromatic nitrogens is 1. The van der Waals surface area contributed by atoms with Gasteiger partial charge in [-0.2, -0.15) is 4.99 Å². The Morgan fingerprint density at radius 3 is 2.62 bits per heavy atom. The number of rotatable bonds is 4. The van der Waals surface area contributed by atoms with Crippen LogP contribution in [0.2, 0.25) is 5.02 Å². The fourth-order valence-electron chi connectivity index (χ4n) is 2.73. The van der Waals surface area contributed by atoms with E-state index in [1.54, 1.807) is 24.3 Å². The zero-order chi connectivity index (χ0) is 18.7. The fourth-order valence-corrected chi connectivity index (χ4v) is 3.90. The summed E-state index contributed by atoms with van der Waals surface area (Å²) in [6.45, 7) is 4.63. The number of ether oxygens (including phenoxy) is 1. The van der Waals surface area contributed by atoms with Crippen molar-refractivity contribution >= 4 is 28.8 Å². The molecule has 0 fully saturated rings. The summed E-state index contributed by atoms with van der Waals surface area (Å²) in [4.78, 5) is 18.5. The van der Waals surface area contributed by atoms with Gasteiger partial charge in [0.2, 0.25) is 0 Å². The number of thiazole rings is 1. The summed E-state index contributed by atoms with van der Waals surface area (Å²) >= 11 is 7.45. The molecule has 0 spiro atoms. The largest absolute Gasteiger partial charge is 0.494 e. The lowest BCUT2D eigenvalue weighted by atomic mass is 10.1. The third-order valence-corrected chi connectivity index (χ3v) is 5.19. The molecule has 134 valence electrons. The van der Waals surface area contributed by atoms with Gasteiger partial charge >= 0.3 is 0 Å². The van der Waals surface area contributed by atoms with Crippen molar-refractivity contribution in [3.8, 4) is 17.0 Å². The highest BCUT2D eigenvalue weighted by atomic mass is 35.5. The number of hydrogen-bond donors (Lipinski definition) is 0. The molecule has 0 aliphatic heterocycles. The first-order chi connectivity index (χ1) is 12.5. The molecule has 3 rings (SSSR count). The van der Waals surface area contributed by atoms with Gasteiger partial charge in [0.1, 0.15) is 5.75 Å². The standard InChI is InChI=1S/C20H19ClN2O2S/c1-4-25-17-10-8-14(9-11-17)18-13(2)26-20(23(18)3)22-19(24)15-6-5-7-16(21)12-15/h5-12H,4H2,1-3H3. The number of hydrogen-bond acceptors (Lipinski definition) is 3. The molecule has 1 heterocycles. The van der Waals surface area contributed by atoms with Crippen LogP contribution in [-0.4, -0.2) is 17.1 Å². The quantitative estimate of drug-likeness (QED) is 0.643. The van der Waals surface area contributed by atoms with E-state index in [2.05, 4.69) is 4.99 Å². The van der Waals surface area contributed by atoms with Gasteiger partial charge < -0.3 is 9.30 Å². The summed E-state index contributed by atoms with van der Waals surface area (Å²) in [5.41, 5.74) is 2.57. The van der Waals surface area contributed by atoms with Crippen molar-refractivity contribution in [2.45, 2.75) is 13.8 Å². The molecular weight excluding hydrogens is 368 g/mol. The van der Waals surface area contributed by atoms with E-state index in [4.69, 9.17) is 16.3 Å². The lowest BCUT2D eigenvalue weighted by Crippen LogP contribution is -2.14. The third-order valence-electron chi connectivity index (χ3n) is 3.91. The minimum absolute atomic E-state index is 0.303. The number of amides is 1. The molecule has 1 aromatic heterocycles. The SMILES string of the molecule is CCOc1ccc(-c2c(C)sc(=NC(=O)c3cccc(Cl)c3)n2C)cc1. The third kappa shape index (κ3) is 3.89. The van der Waals surface area contributed by atoms with E-state index in [9.17, 15) is 4.79 Å². The smallest absolute Gasteiger partial charge is 0.279 e. The van der Waals surface area contributed by atoms with Crippen molar-refractivity contribution in [3.05, 3.63) is 68.8 Å². The number of halogens is 1. The average Bonchev–Trinajstić information content (AvgIpc) is 2.89. The first-order valence-corrected chi connectivity index (χ1v) is 9.43. The summed E-state index contributed by atoms with van der Waals surface area (Å²) in [5, 5.41) is 0.521. The minimum atomic E-state index is -0.303. The van der Waals surface area contributed by atoms with E-state index in [0.29, 0.717) is 22.0 Å². The molecule has 1 amide bonds. The van der Waals surface area contributed by atoms with Crippen molar-refractivity contribution in [2.24, 2.45) is 12.0 Å². The van der Waals surface area contributed by atoms with Crippen LogP contribution >= 0.6 is 22.9 Å². The molecule has 0 N–H and O–H groups in total. The van der Waals surface area contributed by atoms with Gasteiger partial charge in [-0.1, -0.05) is 17.7 Å². The molecule has 0 unspecified atom stereocenters. The summed E-state index contributed by atoms with van der Waals surface area (Å²) in [6.07, 6.45) is 0. The molecule has 3 aromatic rings. The van der Waals surface area contributed by atoms with E-state index in [-0.39, 0.29) is 5.91 Å². The Labute approximate surface area is 161 Å². The highest BCUT2D eigenvalue weighted by molar-refractivity contribution is 7.09. The molecule has 0 aliphatic carbocycles. The van der Waals surface area contributed by atoms with Gasteiger partial charge in [-0.05, 0) is 61.9 Å². The molecule has 0 atom stereocenters. The summed E-state index contributed by atoms with van der Waals surface area (Å²) < 4.78 is 7.44. The zero-order valence-corrected chi connectivity index (χ0v) is 16.4. The molecule has 0 saturated heterocycles. The molecule has 2 aromatic carbocycles. The Hall–Kier alpha value is -2.37. The number of carbonyl (C=O) groups excluding carboxylic acids is 1. The van der Waals surface area contributed by atoms with Crippen molar-refractivity contribution in [1.82, 2.24) is 4.57 Å². The maximum atomic E-state index is 12.4. The molecule has 0 radical (unpaired) electrons. The average molecular weight is 387 g/mol. The van der Waals surface area contributed by atoms with E-state index in [0.717, 1.165) is 21.9 Å². The van der Waals surface area contributed by atoms with Crippen molar-refractivity contribution < 1.29 is 9.53 Å². The predicted octanol–water partition coefficient (Wildman–Crippen LogP) is 4.86. The maximum absolute atomic E-state index is 12.4. The van der Waals surface area contributed by atoms with Crippen LogP contribution in [0.15, 0.2) is 53.5 Å². The van der Waals surface area contributed by atoms with Gasteiger partial charge in [0.05, 0.1) is 12.3 Å². The van der Waals surface area contributed by atoms with E-state index >= 15 is 0 Å². The molecule has 6 heteroatoms. The first kappa shape index (κ1) is 18.4. The summed E-state index contributed by atoms with van der Waals surface area (Å²) in [5.74, 6) is 0.537. The Balaban J connectivity index is 1.98. The molecule has 0 aliphatic rings. The van der Waals surface area contributed by atoms with Crippen LogP contribution in [0, 0.1) is 6.92 Å². The second kappa shape index (κ2) is 7.89. The molecule has 0 saturated carbocycles. The second-order valence-corrected chi connectivity index (χ2v) is 7.35. The lowest BCUT2D eigenvalue weighted by Gasteiger charge is -2.07. The van der Waals surface area contributed by atoms with Crippen molar-refractivity contribution in [1.29, 1.82) is 0 Å². The molecule has 4 nitrogen and oxygen atoms in total. The van der Waals surface area contributed by atoms with Crippen LogP contribution in [0.4, 0.5) is 0 Å². The maximum Gasteiger partial charge on any atom is 0.279 e. The van der Waals surface area contributed by atoms with Gasteiger partial charge in [-0.25, -0.2) is 0 Å². The zero-order valence-electron chi connectivity index (χ0n) is 14.8. The minimum Gasteiger partial charge on any atom is -0.494 e. The van der Waals surface area contributed by atoms with Crippen LogP contribution in [0.3, 0.4) is 0 Å². The number of benzene rings is 2.